The molecule has 0 radical (unpaired) electrons. The first-order valence-electron chi connectivity index (χ1n) is 8.11. The van der Waals surface area contributed by atoms with Gasteiger partial charge in [-0.1, -0.05) is 18.2 Å². The molecule has 2 aromatic heterocycles. The van der Waals surface area contributed by atoms with Crippen molar-refractivity contribution in [2.24, 2.45) is 7.05 Å². The zero-order valence-electron chi connectivity index (χ0n) is 14.5. The Labute approximate surface area is 145 Å². The molecule has 25 heavy (non-hydrogen) atoms. The Bertz CT molecular complexity index is 938. The van der Waals surface area contributed by atoms with E-state index in [0.29, 0.717) is 24.3 Å². The van der Waals surface area contributed by atoms with Crippen molar-refractivity contribution in [3.63, 3.8) is 0 Å². The van der Waals surface area contributed by atoms with Crippen LogP contribution in [-0.2, 0) is 23.1 Å². The van der Waals surface area contributed by atoms with Crippen molar-refractivity contribution < 1.29 is 9.59 Å². The molecular weight excluding hydrogens is 318 g/mol. The van der Waals surface area contributed by atoms with Crippen LogP contribution in [-0.4, -0.2) is 33.1 Å². The number of carbonyl (C=O) groups is 2. The molecule has 0 aliphatic heterocycles. The number of aromatic nitrogens is 3. The molecule has 0 aliphatic carbocycles. The number of rotatable bonds is 4. The number of hydrogen-bond donors (Lipinski definition) is 3. The number of nitrogens with zero attached hydrogens (tertiary/aromatic N) is 2. The first-order chi connectivity index (χ1) is 12.0. The van der Waals surface area contributed by atoms with Crippen molar-refractivity contribution in [2.45, 2.75) is 20.3 Å². The molecule has 0 saturated carbocycles. The van der Waals surface area contributed by atoms with E-state index in [1.165, 1.54) is 0 Å². The fourth-order valence-electron chi connectivity index (χ4n) is 2.85. The molecular formula is C18H21N5O2. The van der Waals surface area contributed by atoms with Crippen LogP contribution in [0.25, 0.3) is 10.9 Å². The monoisotopic (exact) mass is 339 g/mol. The maximum Gasteiger partial charge on any atom is 0.313 e. The van der Waals surface area contributed by atoms with Crippen LogP contribution in [0.2, 0.25) is 0 Å². The minimum atomic E-state index is -0.682. The quantitative estimate of drug-likeness (QED) is 0.633. The molecule has 2 heterocycles. The van der Waals surface area contributed by atoms with E-state index >= 15 is 0 Å². The fourth-order valence-corrected chi connectivity index (χ4v) is 2.85. The van der Waals surface area contributed by atoms with Gasteiger partial charge in [-0.05, 0) is 31.9 Å². The molecule has 3 aromatic rings. The van der Waals surface area contributed by atoms with Gasteiger partial charge in [0.25, 0.3) is 0 Å². The molecule has 3 rings (SSSR count). The standard InChI is InChI=1S/C18H21N5O2/c1-11-16(12(2)23(3)22-11)21-18(25)17(24)19-9-8-13-10-20-15-7-5-4-6-14(13)15/h4-7,10,20H,8-9H2,1-3H3,(H,19,24)(H,21,25). The van der Waals surface area contributed by atoms with Crippen molar-refractivity contribution in [3.05, 3.63) is 47.4 Å². The van der Waals surface area contributed by atoms with Gasteiger partial charge < -0.3 is 15.6 Å². The van der Waals surface area contributed by atoms with Crippen LogP contribution in [0.1, 0.15) is 17.0 Å². The SMILES string of the molecule is Cc1nn(C)c(C)c1NC(=O)C(=O)NCCc1c[nH]c2ccccc12. The molecule has 7 nitrogen and oxygen atoms in total. The van der Waals surface area contributed by atoms with Gasteiger partial charge in [0.15, 0.2) is 0 Å². The Morgan fingerprint density at radius 2 is 1.96 bits per heavy atom. The van der Waals surface area contributed by atoms with Gasteiger partial charge in [0.1, 0.15) is 0 Å². The van der Waals surface area contributed by atoms with E-state index < -0.39 is 11.8 Å². The summed E-state index contributed by atoms with van der Waals surface area (Å²) in [4.78, 5) is 27.3. The predicted molar refractivity (Wildman–Crippen MR) is 96.3 cm³/mol. The molecule has 0 fully saturated rings. The molecule has 7 heteroatoms. The minimum absolute atomic E-state index is 0.388. The molecule has 0 unspecified atom stereocenters. The summed E-state index contributed by atoms with van der Waals surface area (Å²) in [6, 6.07) is 7.98. The van der Waals surface area contributed by atoms with Gasteiger partial charge in [-0.2, -0.15) is 5.10 Å². The topological polar surface area (TPSA) is 91.8 Å². The second kappa shape index (κ2) is 6.80. The van der Waals surface area contributed by atoms with Crippen molar-refractivity contribution in [1.29, 1.82) is 0 Å². The summed E-state index contributed by atoms with van der Waals surface area (Å²) in [5.41, 5.74) is 4.23. The maximum atomic E-state index is 12.1. The second-order valence-corrected chi connectivity index (χ2v) is 5.99. The van der Waals surface area contributed by atoms with E-state index in [-0.39, 0.29) is 0 Å². The Morgan fingerprint density at radius 3 is 2.68 bits per heavy atom. The van der Waals surface area contributed by atoms with Gasteiger partial charge in [-0.3, -0.25) is 14.3 Å². The highest BCUT2D eigenvalue weighted by molar-refractivity contribution is 6.39. The lowest BCUT2D eigenvalue weighted by Gasteiger charge is -2.07. The van der Waals surface area contributed by atoms with Crippen LogP contribution in [0.5, 0.6) is 0 Å². The Kier molecular flexibility index (Phi) is 4.56. The zero-order valence-corrected chi connectivity index (χ0v) is 14.5. The molecule has 0 spiro atoms. The summed E-state index contributed by atoms with van der Waals surface area (Å²) < 4.78 is 1.67. The Morgan fingerprint density at radius 1 is 1.20 bits per heavy atom. The van der Waals surface area contributed by atoms with Crippen molar-refractivity contribution in [1.82, 2.24) is 20.1 Å². The number of carbonyl (C=O) groups excluding carboxylic acids is 2. The molecule has 0 saturated heterocycles. The van der Waals surface area contributed by atoms with Crippen molar-refractivity contribution in [3.8, 4) is 0 Å². The number of anilines is 1. The number of fused-ring (bicyclic) bond motifs is 1. The average molecular weight is 339 g/mol. The van der Waals surface area contributed by atoms with Gasteiger partial charge in [-0.15, -0.1) is 0 Å². The van der Waals surface area contributed by atoms with Crippen LogP contribution >= 0.6 is 0 Å². The van der Waals surface area contributed by atoms with E-state index in [4.69, 9.17) is 0 Å². The second-order valence-electron chi connectivity index (χ2n) is 5.99. The first-order valence-corrected chi connectivity index (χ1v) is 8.11. The predicted octanol–water partition coefficient (Wildman–Crippen LogP) is 1.82. The van der Waals surface area contributed by atoms with Gasteiger partial charge in [0.2, 0.25) is 0 Å². The van der Waals surface area contributed by atoms with Crippen molar-refractivity contribution >= 4 is 28.4 Å². The van der Waals surface area contributed by atoms with Gasteiger partial charge >= 0.3 is 11.8 Å². The summed E-state index contributed by atoms with van der Waals surface area (Å²) in [6.07, 6.45) is 2.58. The molecule has 0 aliphatic rings. The zero-order chi connectivity index (χ0) is 18.0. The molecule has 3 N–H and O–H groups in total. The number of H-pyrrole nitrogens is 1. The number of aryl methyl sites for hydroxylation is 2. The molecule has 2 amide bonds. The molecule has 1 aromatic carbocycles. The molecule has 0 bridgehead atoms. The lowest BCUT2D eigenvalue weighted by molar-refractivity contribution is -0.136. The highest BCUT2D eigenvalue weighted by Crippen LogP contribution is 2.18. The highest BCUT2D eigenvalue weighted by atomic mass is 16.2. The normalized spacial score (nSPS) is 10.8. The maximum absolute atomic E-state index is 12.1. The fraction of sp³-hybridized carbons (Fsp3) is 0.278. The Hall–Kier alpha value is -3.09. The number of para-hydroxylation sites is 1. The first kappa shape index (κ1) is 16.8. The lowest BCUT2D eigenvalue weighted by Crippen LogP contribution is -2.36. The van der Waals surface area contributed by atoms with E-state index in [9.17, 15) is 9.59 Å². The molecule has 0 atom stereocenters. The number of nitrogens with one attached hydrogen (secondary N) is 3. The van der Waals surface area contributed by atoms with Crippen molar-refractivity contribution in [2.75, 3.05) is 11.9 Å². The van der Waals surface area contributed by atoms with E-state index in [0.717, 1.165) is 22.2 Å². The summed E-state index contributed by atoms with van der Waals surface area (Å²) in [6.45, 7) is 4.02. The van der Waals surface area contributed by atoms with Gasteiger partial charge in [0.05, 0.1) is 17.1 Å². The highest BCUT2D eigenvalue weighted by Gasteiger charge is 2.18. The summed E-state index contributed by atoms with van der Waals surface area (Å²) in [7, 11) is 1.79. The smallest absolute Gasteiger partial charge is 0.313 e. The van der Waals surface area contributed by atoms with Gasteiger partial charge in [0, 0.05) is 30.7 Å². The van der Waals surface area contributed by atoms with E-state index in [1.807, 2.05) is 37.4 Å². The minimum Gasteiger partial charge on any atom is -0.361 e. The average Bonchev–Trinajstić information content (AvgIpc) is 3.11. The van der Waals surface area contributed by atoms with Crippen LogP contribution in [0.3, 0.4) is 0 Å². The number of benzene rings is 1. The van der Waals surface area contributed by atoms with Crippen LogP contribution < -0.4 is 10.6 Å². The summed E-state index contributed by atoms with van der Waals surface area (Å²) in [5.74, 6) is -1.33. The summed E-state index contributed by atoms with van der Waals surface area (Å²) >= 11 is 0. The van der Waals surface area contributed by atoms with E-state index in [2.05, 4.69) is 20.7 Å². The third-order valence-electron chi connectivity index (χ3n) is 4.31. The number of amides is 2. The van der Waals surface area contributed by atoms with Crippen LogP contribution in [0, 0.1) is 13.8 Å². The number of hydrogen-bond acceptors (Lipinski definition) is 3. The van der Waals surface area contributed by atoms with Crippen LogP contribution in [0.15, 0.2) is 30.5 Å². The van der Waals surface area contributed by atoms with E-state index in [1.54, 1.807) is 18.7 Å². The van der Waals surface area contributed by atoms with Gasteiger partial charge in [-0.25, -0.2) is 0 Å². The largest absolute Gasteiger partial charge is 0.361 e. The third-order valence-corrected chi connectivity index (χ3v) is 4.31. The lowest BCUT2D eigenvalue weighted by atomic mass is 10.1. The van der Waals surface area contributed by atoms with Crippen LogP contribution in [0.4, 0.5) is 5.69 Å². The Balaban J connectivity index is 1.56. The summed E-state index contributed by atoms with van der Waals surface area (Å²) in [5, 5.41) is 10.6. The third kappa shape index (κ3) is 3.40. The molecule has 130 valence electrons. The number of aromatic amines is 1.